The van der Waals surface area contributed by atoms with Crippen molar-refractivity contribution in [3.8, 4) is 0 Å². The molecule has 0 bridgehead atoms. The molecule has 0 atom stereocenters. The van der Waals surface area contributed by atoms with Gasteiger partial charge >= 0.3 is 5.97 Å². The molecule has 3 nitrogen and oxygen atoms in total. The van der Waals surface area contributed by atoms with E-state index in [9.17, 15) is 4.79 Å². The van der Waals surface area contributed by atoms with Crippen molar-refractivity contribution < 1.29 is 9.63 Å². The van der Waals surface area contributed by atoms with Gasteiger partial charge in [0.15, 0.2) is 0 Å². The molecule has 0 fully saturated rings. The van der Waals surface area contributed by atoms with Gasteiger partial charge in [0.25, 0.3) is 0 Å². The molecule has 0 aromatic rings. The van der Waals surface area contributed by atoms with Crippen molar-refractivity contribution in [2.75, 3.05) is 14.1 Å². The molecule has 0 heterocycles. The zero-order valence-corrected chi connectivity index (χ0v) is 8.80. The SMILES string of the molecule is C=C(CCCCC)C(=O)ON(C)C. The summed E-state index contributed by atoms with van der Waals surface area (Å²) in [6, 6.07) is 0. The summed E-state index contributed by atoms with van der Waals surface area (Å²) in [5.74, 6) is -0.318. The quantitative estimate of drug-likeness (QED) is 0.361. The average molecular weight is 185 g/mol. The molecule has 0 saturated heterocycles. The second-order valence-electron chi connectivity index (χ2n) is 3.25. The third-order valence-electron chi connectivity index (χ3n) is 1.64. The van der Waals surface area contributed by atoms with Crippen LogP contribution in [0.25, 0.3) is 0 Å². The molecular formula is C10H19NO2. The van der Waals surface area contributed by atoms with Crippen molar-refractivity contribution in [3.63, 3.8) is 0 Å². The maximum atomic E-state index is 11.2. The minimum absolute atomic E-state index is 0.318. The molecule has 0 aromatic heterocycles. The van der Waals surface area contributed by atoms with Gasteiger partial charge in [0, 0.05) is 19.7 Å². The summed E-state index contributed by atoms with van der Waals surface area (Å²) in [6.45, 7) is 5.80. The number of rotatable bonds is 6. The second-order valence-corrected chi connectivity index (χ2v) is 3.25. The largest absolute Gasteiger partial charge is 0.365 e. The summed E-state index contributed by atoms with van der Waals surface area (Å²) in [6.07, 6.45) is 4.03. The first kappa shape index (κ1) is 12.2. The van der Waals surface area contributed by atoms with Crippen molar-refractivity contribution in [2.45, 2.75) is 32.6 Å². The van der Waals surface area contributed by atoms with E-state index < -0.39 is 0 Å². The Balaban J connectivity index is 3.64. The van der Waals surface area contributed by atoms with Crippen LogP contribution in [-0.2, 0) is 9.63 Å². The van der Waals surface area contributed by atoms with Crippen LogP contribution in [0.4, 0.5) is 0 Å². The van der Waals surface area contributed by atoms with Crippen LogP contribution in [0.3, 0.4) is 0 Å². The molecule has 76 valence electrons. The van der Waals surface area contributed by atoms with E-state index in [0.717, 1.165) is 25.7 Å². The number of carbonyl (C=O) groups is 1. The van der Waals surface area contributed by atoms with Gasteiger partial charge in [0.05, 0.1) is 0 Å². The summed E-state index contributed by atoms with van der Waals surface area (Å²) in [5.41, 5.74) is 0.558. The Morgan fingerprint density at radius 1 is 1.38 bits per heavy atom. The molecule has 0 aliphatic heterocycles. The molecule has 0 unspecified atom stereocenters. The molecule has 0 rings (SSSR count). The average Bonchev–Trinajstić information content (AvgIpc) is 2.03. The third kappa shape index (κ3) is 6.34. The number of unbranched alkanes of at least 4 members (excludes halogenated alkanes) is 2. The van der Waals surface area contributed by atoms with Crippen LogP contribution < -0.4 is 0 Å². The lowest BCUT2D eigenvalue weighted by atomic mass is 10.1. The lowest BCUT2D eigenvalue weighted by Crippen LogP contribution is -2.19. The molecule has 0 radical (unpaired) electrons. The number of nitrogens with zero attached hydrogens (tertiary/aromatic N) is 1. The van der Waals surface area contributed by atoms with Gasteiger partial charge in [-0.05, 0) is 12.8 Å². The van der Waals surface area contributed by atoms with Crippen LogP contribution in [0.1, 0.15) is 32.6 Å². The van der Waals surface area contributed by atoms with Gasteiger partial charge in [-0.25, -0.2) is 4.79 Å². The standard InChI is InChI=1S/C10H19NO2/c1-5-6-7-8-9(2)10(12)13-11(3)4/h2,5-8H2,1,3-4H3. The normalized spacial score (nSPS) is 10.2. The summed E-state index contributed by atoms with van der Waals surface area (Å²) < 4.78 is 0. The second kappa shape index (κ2) is 6.66. The van der Waals surface area contributed by atoms with Gasteiger partial charge < -0.3 is 4.84 Å². The van der Waals surface area contributed by atoms with Crippen molar-refractivity contribution >= 4 is 5.97 Å². The molecule has 0 saturated carbocycles. The minimum Gasteiger partial charge on any atom is -0.365 e. The highest BCUT2D eigenvalue weighted by molar-refractivity contribution is 5.87. The Kier molecular flexibility index (Phi) is 6.24. The first-order valence-corrected chi connectivity index (χ1v) is 4.65. The van der Waals surface area contributed by atoms with E-state index in [-0.39, 0.29) is 5.97 Å². The van der Waals surface area contributed by atoms with Crippen LogP contribution >= 0.6 is 0 Å². The Morgan fingerprint density at radius 2 is 2.00 bits per heavy atom. The van der Waals surface area contributed by atoms with E-state index in [1.165, 1.54) is 5.06 Å². The molecule has 0 aliphatic rings. The van der Waals surface area contributed by atoms with Gasteiger partial charge in [-0.3, -0.25) is 0 Å². The van der Waals surface area contributed by atoms with E-state index >= 15 is 0 Å². The Hall–Kier alpha value is -0.830. The molecule has 0 amide bonds. The van der Waals surface area contributed by atoms with E-state index in [1.807, 2.05) is 0 Å². The smallest absolute Gasteiger partial charge is 0.352 e. The minimum atomic E-state index is -0.318. The topological polar surface area (TPSA) is 29.5 Å². The lowest BCUT2D eigenvalue weighted by Gasteiger charge is -2.10. The highest BCUT2D eigenvalue weighted by atomic mass is 16.7. The number of hydrogen-bond acceptors (Lipinski definition) is 3. The highest BCUT2D eigenvalue weighted by Crippen LogP contribution is 2.08. The van der Waals surface area contributed by atoms with Crippen LogP contribution in [0.15, 0.2) is 12.2 Å². The lowest BCUT2D eigenvalue weighted by molar-refractivity contribution is -0.173. The maximum Gasteiger partial charge on any atom is 0.352 e. The molecule has 0 N–H and O–H groups in total. The van der Waals surface area contributed by atoms with E-state index in [1.54, 1.807) is 14.1 Å². The molecule has 0 spiro atoms. The molecule has 3 heteroatoms. The van der Waals surface area contributed by atoms with Crippen molar-refractivity contribution in [3.05, 3.63) is 12.2 Å². The molecule has 0 aromatic carbocycles. The van der Waals surface area contributed by atoms with Crippen LogP contribution in [-0.4, -0.2) is 25.1 Å². The predicted octanol–water partition coefficient (Wildman–Crippen LogP) is 2.14. The zero-order valence-electron chi connectivity index (χ0n) is 8.80. The fourth-order valence-corrected chi connectivity index (χ4v) is 0.921. The number of carbonyl (C=O) groups excluding carboxylic acids is 1. The molecule has 13 heavy (non-hydrogen) atoms. The van der Waals surface area contributed by atoms with E-state index in [2.05, 4.69) is 13.5 Å². The fraction of sp³-hybridized carbons (Fsp3) is 0.700. The Labute approximate surface area is 80.3 Å². The Morgan fingerprint density at radius 3 is 2.46 bits per heavy atom. The zero-order chi connectivity index (χ0) is 10.3. The van der Waals surface area contributed by atoms with Gasteiger partial charge in [-0.15, -0.1) is 5.06 Å². The first-order valence-electron chi connectivity index (χ1n) is 4.65. The van der Waals surface area contributed by atoms with Gasteiger partial charge in [-0.2, -0.15) is 0 Å². The number of hydroxylamine groups is 2. The predicted molar refractivity (Wildman–Crippen MR) is 53.1 cm³/mol. The first-order chi connectivity index (χ1) is 6.07. The third-order valence-corrected chi connectivity index (χ3v) is 1.64. The maximum absolute atomic E-state index is 11.2. The van der Waals surface area contributed by atoms with Gasteiger partial charge in [0.2, 0.25) is 0 Å². The van der Waals surface area contributed by atoms with Crippen molar-refractivity contribution in [1.82, 2.24) is 5.06 Å². The number of hydrogen-bond donors (Lipinski definition) is 0. The van der Waals surface area contributed by atoms with Crippen LogP contribution in [0.2, 0.25) is 0 Å². The summed E-state index contributed by atoms with van der Waals surface area (Å²) >= 11 is 0. The van der Waals surface area contributed by atoms with Crippen LogP contribution in [0.5, 0.6) is 0 Å². The summed E-state index contributed by atoms with van der Waals surface area (Å²) in [4.78, 5) is 16.0. The molecule has 0 aliphatic carbocycles. The van der Waals surface area contributed by atoms with E-state index in [4.69, 9.17) is 4.84 Å². The monoisotopic (exact) mass is 185 g/mol. The van der Waals surface area contributed by atoms with Crippen LogP contribution in [0, 0.1) is 0 Å². The summed E-state index contributed by atoms with van der Waals surface area (Å²) in [5, 5.41) is 1.38. The Bertz CT molecular complexity index is 176. The summed E-state index contributed by atoms with van der Waals surface area (Å²) in [7, 11) is 3.36. The fourth-order valence-electron chi connectivity index (χ4n) is 0.921. The van der Waals surface area contributed by atoms with E-state index in [0.29, 0.717) is 5.57 Å². The van der Waals surface area contributed by atoms with Crippen molar-refractivity contribution in [2.24, 2.45) is 0 Å². The molecular weight excluding hydrogens is 166 g/mol. The van der Waals surface area contributed by atoms with Gasteiger partial charge in [-0.1, -0.05) is 26.3 Å². The highest BCUT2D eigenvalue weighted by Gasteiger charge is 2.08. The van der Waals surface area contributed by atoms with Gasteiger partial charge in [0.1, 0.15) is 0 Å². The van der Waals surface area contributed by atoms with Crippen molar-refractivity contribution in [1.29, 1.82) is 0 Å².